The van der Waals surface area contributed by atoms with Gasteiger partial charge in [0.25, 0.3) is 5.56 Å². The molecule has 7 nitrogen and oxygen atoms in total. The standard InChI is InChI=1S/C25H25F2N5O2/c1-25(27)7-5-18(6-8-25)32-23-21(14-29-32)24(33)31-22(30-23)10-15-3-4-17(26)11-20(15)16-9-19(34-2)13-28-12-16/h3-4,9,11-14,18H,5-8,10H2,1-2H3,(H,30,31,33). The van der Waals surface area contributed by atoms with Crippen LogP contribution in [0.1, 0.15) is 50.0 Å². The maximum absolute atomic E-state index is 14.3. The van der Waals surface area contributed by atoms with Crippen LogP contribution in [0.4, 0.5) is 8.78 Å². The summed E-state index contributed by atoms with van der Waals surface area (Å²) in [4.78, 5) is 24.5. The topological polar surface area (TPSA) is 85.7 Å². The lowest BCUT2D eigenvalue weighted by Crippen LogP contribution is -2.28. The first-order valence-electron chi connectivity index (χ1n) is 11.3. The van der Waals surface area contributed by atoms with Gasteiger partial charge in [-0.1, -0.05) is 6.07 Å². The van der Waals surface area contributed by atoms with Crippen LogP contribution >= 0.6 is 0 Å². The zero-order chi connectivity index (χ0) is 23.9. The Morgan fingerprint density at radius 1 is 1.21 bits per heavy atom. The average Bonchev–Trinajstić information content (AvgIpc) is 3.25. The number of pyridine rings is 1. The van der Waals surface area contributed by atoms with Gasteiger partial charge in [0.15, 0.2) is 5.65 Å². The fourth-order valence-corrected chi connectivity index (χ4v) is 4.61. The molecule has 1 saturated carbocycles. The molecule has 0 aliphatic heterocycles. The smallest absolute Gasteiger partial charge is 0.262 e. The van der Waals surface area contributed by atoms with Crippen LogP contribution in [-0.4, -0.2) is 37.5 Å². The van der Waals surface area contributed by atoms with Crippen LogP contribution in [0.25, 0.3) is 22.2 Å². The van der Waals surface area contributed by atoms with Crippen LogP contribution in [0, 0.1) is 5.82 Å². The highest BCUT2D eigenvalue weighted by atomic mass is 19.1. The summed E-state index contributed by atoms with van der Waals surface area (Å²) < 4.78 is 35.4. The van der Waals surface area contributed by atoms with Crippen molar-refractivity contribution in [2.45, 2.75) is 50.7 Å². The van der Waals surface area contributed by atoms with Gasteiger partial charge in [-0.15, -0.1) is 0 Å². The first-order valence-corrected chi connectivity index (χ1v) is 11.3. The summed E-state index contributed by atoms with van der Waals surface area (Å²) in [6, 6.07) is 6.26. The van der Waals surface area contributed by atoms with Crippen molar-refractivity contribution in [3.63, 3.8) is 0 Å². The SMILES string of the molecule is COc1cncc(-c2cc(F)ccc2Cc2nc3c(cnn3C3CCC(C)(F)CC3)c(=O)[nH]2)c1. The molecule has 0 unspecified atom stereocenters. The first kappa shape index (κ1) is 22.2. The molecule has 0 bridgehead atoms. The van der Waals surface area contributed by atoms with Crippen molar-refractivity contribution in [2.24, 2.45) is 0 Å². The highest BCUT2D eigenvalue weighted by Gasteiger charge is 2.32. The summed E-state index contributed by atoms with van der Waals surface area (Å²) in [5, 5.41) is 4.81. The van der Waals surface area contributed by atoms with Gasteiger partial charge in [0.2, 0.25) is 0 Å². The monoisotopic (exact) mass is 465 g/mol. The van der Waals surface area contributed by atoms with Gasteiger partial charge in [-0.05, 0) is 61.9 Å². The normalized spacial score (nSPS) is 20.5. The first-order chi connectivity index (χ1) is 16.3. The predicted octanol–water partition coefficient (Wildman–Crippen LogP) is 4.76. The number of hydrogen-bond donors (Lipinski definition) is 1. The number of fused-ring (bicyclic) bond motifs is 1. The molecule has 0 spiro atoms. The number of aromatic amines is 1. The third-order valence-electron chi connectivity index (χ3n) is 6.55. The fourth-order valence-electron chi connectivity index (χ4n) is 4.61. The lowest BCUT2D eigenvalue weighted by Gasteiger charge is -2.31. The summed E-state index contributed by atoms with van der Waals surface area (Å²) >= 11 is 0. The molecule has 0 amide bonds. The van der Waals surface area contributed by atoms with E-state index in [1.165, 1.54) is 18.3 Å². The van der Waals surface area contributed by atoms with E-state index < -0.39 is 5.67 Å². The number of nitrogens with zero attached hydrogens (tertiary/aromatic N) is 4. The number of nitrogens with one attached hydrogen (secondary N) is 1. The van der Waals surface area contributed by atoms with Crippen molar-refractivity contribution >= 4 is 11.0 Å². The molecule has 0 saturated heterocycles. The molecule has 34 heavy (non-hydrogen) atoms. The average molecular weight is 466 g/mol. The predicted molar refractivity (Wildman–Crippen MR) is 124 cm³/mol. The second-order valence-corrected chi connectivity index (χ2v) is 9.08. The molecule has 1 aliphatic carbocycles. The van der Waals surface area contributed by atoms with Gasteiger partial charge >= 0.3 is 0 Å². The third-order valence-corrected chi connectivity index (χ3v) is 6.55. The molecule has 1 aromatic carbocycles. The van der Waals surface area contributed by atoms with Crippen molar-refractivity contribution in [3.8, 4) is 16.9 Å². The quantitative estimate of drug-likeness (QED) is 0.459. The Morgan fingerprint density at radius 2 is 2.00 bits per heavy atom. The minimum absolute atomic E-state index is 0.00675. The van der Waals surface area contributed by atoms with Gasteiger partial charge < -0.3 is 9.72 Å². The van der Waals surface area contributed by atoms with Crippen molar-refractivity contribution in [1.82, 2.24) is 24.7 Å². The second kappa shape index (κ2) is 8.62. The Morgan fingerprint density at radius 3 is 2.76 bits per heavy atom. The van der Waals surface area contributed by atoms with Crippen molar-refractivity contribution in [3.05, 3.63) is 70.4 Å². The molecule has 3 aromatic heterocycles. The maximum atomic E-state index is 14.3. The van der Waals surface area contributed by atoms with Gasteiger partial charge in [0, 0.05) is 18.2 Å². The van der Waals surface area contributed by atoms with E-state index in [1.807, 2.05) is 0 Å². The molecule has 5 rings (SSSR count). The molecule has 4 aromatic rings. The third kappa shape index (κ3) is 4.30. The Bertz CT molecular complexity index is 1400. The summed E-state index contributed by atoms with van der Waals surface area (Å²) in [7, 11) is 1.54. The summed E-state index contributed by atoms with van der Waals surface area (Å²) in [5.41, 5.74) is 1.14. The van der Waals surface area contributed by atoms with Gasteiger partial charge in [-0.25, -0.2) is 18.4 Å². The zero-order valence-corrected chi connectivity index (χ0v) is 19.0. The van der Waals surface area contributed by atoms with Crippen molar-refractivity contribution in [2.75, 3.05) is 7.11 Å². The minimum atomic E-state index is -1.16. The number of hydrogen-bond acceptors (Lipinski definition) is 5. The summed E-state index contributed by atoms with van der Waals surface area (Å²) in [5.74, 6) is 0.615. The molecule has 1 fully saturated rings. The van der Waals surface area contributed by atoms with E-state index in [2.05, 4.69) is 15.1 Å². The highest BCUT2D eigenvalue weighted by Crippen LogP contribution is 2.37. The number of halogens is 2. The molecule has 9 heteroatoms. The van der Waals surface area contributed by atoms with E-state index in [-0.39, 0.29) is 23.8 Å². The van der Waals surface area contributed by atoms with E-state index in [0.29, 0.717) is 59.4 Å². The zero-order valence-electron chi connectivity index (χ0n) is 19.0. The van der Waals surface area contributed by atoms with Crippen molar-refractivity contribution in [1.29, 1.82) is 0 Å². The molecule has 0 radical (unpaired) electrons. The number of aromatic nitrogens is 5. The molecule has 176 valence electrons. The van der Waals surface area contributed by atoms with Crippen molar-refractivity contribution < 1.29 is 13.5 Å². The van der Waals surface area contributed by atoms with Gasteiger partial charge in [-0.2, -0.15) is 5.10 Å². The van der Waals surface area contributed by atoms with Crippen LogP contribution in [0.5, 0.6) is 5.75 Å². The van der Waals surface area contributed by atoms with Crippen LogP contribution in [-0.2, 0) is 6.42 Å². The van der Waals surface area contributed by atoms with Crippen LogP contribution < -0.4 is 10.3 Å². The Hall–Kier alpha value is -3.62. The number of benzene rings is 1. The lowest BCUT2D eigenvalue weighted by atomic mass is 9.85. The van der Waals surface area contributed by atoms with Crippen LogP contribution in [0.15, 0.2) is 47.7 Å². The van der Waals surface area contributed by atoms with E-state index in [4.69, 9.17) is 9.72 Å². The van der Waals surface area contributed by atoms with E-state index in [0.717, 1.165) is 5.56 Å². The van der Waals surface area contributed by atoms with Gasteiger partial charge in [0.05, 0.1) is 25.5 Å². The minimum Gasteiger partial charge on any atom is -0.495 e. The van der Waals surface area contributed by atoms with Gasteiger partial charge in [0.1, 0.15) is 28.4 Å². The number of H-pyrrole nitrogens is 1. The Kier molecular flexibility index (Phi) is 5.63. The van der Waals surface area contributed by atoms with Crippen LogP contribution in [0.2, 0.25) is 0 Å². The number of rotatable bonds is 5. The molecule has 3 heterocycles. The number of ether oxygens (including phenoxy) is 1. The Balaban J connectivity index is 1.52. The molecule has 1 aliphatic rings. The molecule has 1 N–H and O–H groups in total. The summed E-state index contributed by atoms with van der Waals surface area (Å²) in [6.07, 6.45) is 7.17. The fraction of sp³-hybridized carbons (Fsp3) is 0.360. The largest absolute Gasteiger partial charge is 0.495 e. The van der Waals surface area contributed by atoms with Crippen LogP contribution in [0.3, 0.4) is 0 Å². The lowest BCUT2D eigenvalue weighted by molar-refractivity contribution is 0.103. The van der Waals surface area contributed by atoms with E-state index in [1.54, 1.807) is 43.2 Å². The number of methoxy groups -OCH3 is 1. The number of alkyl halides is 1. The molecule has 0 atom stereocenters. The van der Waals surface area contributed by atoms with E-state index in [9.17, 15) is 13.6 Å². The van der Waals surface area contributed by atoms with E-state index >= 15 is 0 Å². The molecular weight excluding hydrogens is 440 g/mol. The highest BCUT2D eigenvalue weighted by molar-refractivity contribution is 5.73. The summed E-state index contributed by atoms with van der Waals surface area (Å²) in [6.45, 7) is 1.63. The maximum Gasteiger partial charge on any atom is 0.262 e. The Labute approximate surface area is 194 Å². The molecular formula is C25H25F2N5O2. The van der Waals surface area contributed by atoms with Gasteiger partial charge in [-0.3, -0.25) is 9.78 Å². The second-order valence-electron chi connectivity index (χ2n) is 9.08.